The Kier molecular flexibility index (Phi) is 6.64. The monoisotopic (exact) mass is 465 g/mol. The number of likely N-dealkylation sites (tertiary alicyclic amines) is 2. The zero-order valence-corrected chi connectivity index (χ0v) is 19.8. The highest BCUT2D eigenvalue weighted by Crippen LogP contribution is 2.39. The maximum atomic E-state index is 13.0. The Bertz CT molecular complexity index is 967. The number of piperidine rings is 2. The van der Waals surface area contributed by atoms with Crippen LogP contribution in [0.25, 0.3) is 0 Å². The number of anilines is 1. The first-order valence-electron chi connectivity index (χ1n) is 12.8. The van der Waals surface area contributed by atoms with Crippen LogP contribution in [-0.2, 0) is 4.79 Å². The molecule has 3 aliphatic heterocycles. The zero-order valence-electron chi connectivity index (χ0n) is 19.8. The lowest BCUT2D eigenvalue weighted by atomic mass is 9.92. The number of aliphatic hydroxyl groups is 1. The van der Waals surface area contributed by atoms with Crippen molar-refractivity contribution in [1.82, 2.24) is 9.80 Å². The van der Waals surface area contributed by atoms with Crippen LogP contribution in [0.2, 0.25) is 0 Å². The van der Waals surface area contributed by atoms with Crippen molar-refractivity contribution in [2.45, 2.75) is 69.9 Å². The lowest BCUT2D eigenvalue weighted by Gasteiger charge is -2.37. The summed E-state index contributed by atoms with van der Waals surface area (Å²) in [6.07, 6.45) is 8.57. The van der Waals surface area contributed by atoms with E-state index in [1.165, 1.54) is 25.7 Å². The van der Waals surface area contributed by atoms with Crippen LogP contribution in [-0.4, -0.2) is 70.1 Å². The molecule has 1 amide bonds. The van der Waals surface area contributed by atoms with Gasteiger partial charge in [-0.15, -0.1) is 0 Å². The van der Waals surface area contributed by atoms with Gasteiger partial charge in [-0.05, 0) is 56.6 Å². The van der Waals surface area contributed by atoms with E-state index in [2.05, 4.69) is 9.91 Å². The summed E-state index contributed by atoms with van der Waals surface area (Å²) in [6.45, 7) is 3.00. The number of aliphatic hydroxyl groups excluding tert-OH is 1. The number of phenols is 1. The van der Waals surface area contributed by atoms with E-state index in [1.807, 2.05) is 17.0 Å². The fourth-order valence-electron chi connectivity index (χ4n) is 6.15. The average Bonchev–Trinajstić information content (AvgIpc) is 3.54. The molecular formula is C26H35N5O3. The van der Waals surface area contributed by atoms with Gasteiger partial charge < -0.3 is 20.0 Å². The van der Waals surface area contributed by atoms with E-state index in [9.17, 15) is 20.3 Å². The topological polar surface area (TPSA) is 103 Å². The van der Waals surface area contributed by atoms with Crippen molar-refractivity contribution >= 4 is 17.4 Å². The van der Waals surface area contributed by atoms with Gasteiger partial charge in [0.05, 0.1) is 23.4 Å². The fourth-order valence-corrected chi connectivity index (χ4v) is 6.15. The summed E-state index contributed by atoms with van der Waals surface area (Å²) in [7, 11) is 0. The van der Waals surface area contributed by atoms with E-state index in [4.69, 9.17) is 5.10 Å². The van der Waals surface area contributed by atoms with Gasteiger partial charge in [0, 0.05) is 44.6 Å². The Hall–Kier alpha value is -2.79. The molecule has 1 aromatic carbocycles. The molecule has 1 aliphatic carbocycles. The molecule has 1 saturated carbocycles. The van der Waals surface area contributed by atoms with E-state index < -0.39 is 0 Å². The van der Waals surface area contributed by atoms with Gasteiger partial charge >= 0.3 is 0 Å². The molecule has 3 fully saturated rings. The quantitative estimate of drug-likeness (QED) is 0.711. The number of benzene rings is 1. The third-order valence-electron chi connectivity index (χ3n) is 8.22. The number of amides is 1. The number of nitriles is 1. The highest BCUT2D eigenvalue weighted by molar-refractivity contribution is 5.87. The van der Waals surface area contributed by atoms with Gasteiger partial charge in [-0.1, -0.05) is 12.8 Å². The molecule has 5 rings (SSSR count). The lowest BCUT2D eigenvalue weighted by molar-refractivity contribution is -0.138. The summed E-state index contributed by atoms with van der Waals surface area (Å²) in [5.41, 5.74) is 1.11. The molecule has 2 saturated heterocycles. The van der Waals surface area contributed by atoms with Gasteiger partial charge in [-0.3, -0.25) is 9.80 Å². The number of carbonyl (C=O) groups excluding carboxylic acids is 1. The normalized spacial score (nSPS) is 25.0. The number of hydrogen-bond acceptors (Lipinski definition) is 7. The Morgan fingerprint density at radius 2 is 1.74 bits per heavy atom. The highest BCUT2D eigenvalue weighted by atomic mass is 16.3. The minimum atomic E-state index is -0.264. The number of phenolic OH excluding ortho intramolecular Hbond substituents is 1. The van der Waals surface area contributed by atoms with Crippen molar-refractivity contribution in [2.75, 3.05) is 31.2 Å². The fraction of sp³-hybridized carbons (Fsp3) is 0.654. The molecule has 0 spiro atoms. The molecule has 1 unspecified atom stereocenters. The van der Waals surface area contributed by atoms with Crippen molar-refractivity contribution < 1.29 is 15.0 Å². The minimum absolute atomic E-state index is 0.00150. The smallest absolute Gasteiger partial charge is 0.225 e. The van der Waals surface area contributed by atoms with Crippen molar-refractivity contribution in [2.24, 2.45) is 16.9 Å². The molecule has 0 bridgehead atoms. The van der Waals surface area contributed by atoms with Crippen molar-refractivity contribution in [3.8, 4) is 11.8 Å². The number of rotatable bonds is 3. The molecule has 1 aromatic rings. The predicted molar refractivity (Wildman–Crippen MR) is 129 cm³/mol. The van der Waals surface area contributed by atoms with Gasteiger partial charge in [-0.2, -0.15) is 10.4 Å². The van der Waals surface area contributed by atoms with E-state index >= 15 is 0 Å². The lowest BCUT2D eigenvalue weighted by Crippen LogP contribution is -2.47. The Balaban J connectivity index is 1.27. The van der Waals surface area contributed by atoms with E-state index in [0.717, 1.165) is 43.9 Å². The van der Waals surface area contributed by atoms with Crippen molar-refractivity contribution in [3.63, 3.8) is 0 Å². The molecule has 0 radical (unpaired) electrons. The van der Waals surface area contributed by atoms with Crippen LogP contribution < -0.4 is 5.01 Å². The zero-order chi connectivity index (χ0) is 23.7. The second-order valence-corrected chi connectivity index (χ2v) is 10.3. The van der Waals surface area contributed by atoms with Gasteiger partial charge in [0.2, 0.25) is 5.91 Å². The third-order valence-corrected chi connectivity index (χ3v) is 8.22. The van der Waals surface area contributed by atoms with Crippen LogP contribution in [0.4, 0.5) is 5.69 Å². The summed E-state index contributed by atoms with van der Waals surface area (Å²) in [4.78, 5) is 17.3. The molecule has 2 N–H and O–H groups in total. The van der Waals surface area contributed by atoms with Crippen LogP contribution in [0, 0.1) is 23.2 Å². The molecular weight excluding hydrogens is 430 g/mol. The summed E-state index contributed by atoms with van der Waals surface area (Å²) in [6, 6.07) is 7.50. The SMILES string of the molecule is N#Cc1ccc(N2N=C(N3CCC(C(=O)N4CCC(O)CC4)CC3)CC2C2CCCC2)cc1O. The summed E-state index contributed by atoms with van der Waals surface area (Å²) in [5, 5.41) is 36.3. The Morgan fingerprint density at radius 1 is 1.03 bits per heavy atom. The summed E-state index contributed by atoms with van der Waals surface area (Å²) in [5.74, 6) is 1.96. The van der Waals surface area contributed by atoms with Gasteiger partial charge in [0.15, 0.2) is 0 Å². The molecule has 3 heterocycles. The van der Waals surface area contributed by atoms with E-state index in [1.54, 1.807) is 12.1 Å². The minimum Gasteiger partial charge on any atom is -0.506 e. The number of hydrogen-bond donors (Lipinski definition) is 2. The first-order chi connectivity index (χ1) is 16.5. The third kappa shape index (κ3) is 4.58. The average molecular weight is 466 g/mol. The molecule has 1 atom stereocenters. The summed E-state index contributed by atoms with van der Waals surface area (Å²) >= 11 is 0. The molecule has 8 heteroatoms. The van der Waals surface area contributed by atoms with Crippen LogP contribution in [0.15, 0.2) is 23.3 Å². The Labute approximate surface area is 201 Å². The van der Waals surface area contributed by atoms with Crippen LogP contribution >= 0.6 is 0 Å². The van der Waals surface area contributed by atoms with E-state index in [0.29, 0.717) is 31.8 Å². The Morgan fingerprint density at radius 3 is 2.38 bits per heavy atom. The highest BCUT2D eigenvalue weighted by Gasteiger charge is 2.39. The molecule has 8 nitrogen and oxygen atoms in total. The number of carbonyl (C=O) groups is 1. The van der Waals surface area contributed by atoms with Crippen LogP contribution in [0.3, 0.4) is 0 Å². The summed E-state index contributed by atoms with van der Waals surface area (Å²) < 4.78 is 0. The number of amidine groups is 1. The van der Waals surface area contributed by atoms with Gasteiger partial charge in [-0.25, -0.2) is 0 Å². The molecule has 34 heavy (non-hydrogen) atoms. The predicted octanol–water partition coefficient (Wildman–Crippen LogP) is 3.04. The maximum Gasteiger partial charge on any atom is 0.225 e. The molecule has 182 valence electrons. The number of nitrogens with zero attached hydrogens (tertiary/aromatic N) is 5. The standard InChI is InChI=1S/C26H35N5O3/c27-17-20-5-6-21(15-24(20)33)31-23(18-3-1-2-4-18)16-25(28-31)29-11-7-19(8-12-29)26(34)30-13-9-22(32)10-14-30/h5-6,15,18-19,22-23,32-33H,1-4,7-14,16H2. The largest absolute Gasteiger partial charge is 0.506 e. The van der Waals surface area contributed by atoms with Gasteiger partial charge in [0.1, 0.15) is 17.7 Å². The van der Waals surface area contributed by atoms with Crippen molar-refractivity contribution in [3.05, 3.63) is 23.8 Å². The number of hydrazone groups is 1. The second-order valence-electron chi connectivity index (χ2n) is 10.3. The van der Waals surface area contributed by atoms with Crippen LogP contribution in [0.5, 0.6) is 5.75 Å². The molecule has 0 aromatic heterocycles. The van der Waals surface area contributed by atoms with Crippen molar-refractivity contribution in [1.29, 1.82) is 5.26 Å². The van der Waals surface area contributed by atoms with Gasteiger partial charge in [0.25, 0.3) is 0 Å². The molecule has 4 aliphatic rings. The van der Waals surface area contributed by atoms with Crippen LogP contribution in [0.1, 0.15) is 63.4 Å². The van der Waals surface area contributed by atoms with E-state index in [-0.39, 0.29) is 35.3 Å². The number of aromatic hydroxyl groups is 1. The maximum absolute atomic E-state index is 13.0. The second kappa shape index (κ2) is 9.83. The first kappa shape index (κ1) is 23.0. The first-order valence-corrected chi connectivity index (χ1v) is 12.8.